The van der Waals surface area contributed by atoms with Crippen LogP contribution >= 0.6 is 12.4 Å². The summed E-state index contributed by atoms with van der Waals surface area (Å²) in [6.45, 7) is 3.00. The molecule has 0 amide bonds. The second-order valence-electron chi connectivity index (χ2n) is 6.61. The number of halogens is 4. The molecule has 1 aliphatic rings. The number of carbonyl (C=O) groups is 1. The fraction of sp³-hybridized carbons (Fsp3) is 0.611. The Morgan fingerprint density at radius 2 is 2.00 bits per heavy atom. The summed E-state index contributed by atoms with van der Waals surface area (Å²) in [5, 5.41) is 8.84. The van der Waals surface area contributed by atoms with Gasteiger partial charge in [-0.05, 0) is 57.6 Å². The molecule has 27 heavy (non-hydrogen) atoms. The molecule has 154 valence electrons. The molecule has 2 rings (SSSR count). The third-order valence-corrected chi connectivity index (χ3v) is 4.61. The van der Waals surface area contributed by atoms with Gasteiger partial charge in [-0.1, -0.05) is 6.07 Å². The number of aliphatic carboxylic acids is 1. The van der Waals surface area contributed by atoms with E-state index in [1.54, 1.807) is 0 Å². The number of likely N-dealkylation sites (tertiary alicyclic amines) is 1. The van der Waals surface area contributed by atoms with Crippen LogP contribution in [-0.4, -0.2) is 66.8 Å². The van der Waals surface area contributed by atoms with Gasteiger partial charge in [0.25, 0.3) is 0 Å². The maximum absolute atomic E-state index is 12.7. The van der Waals surface area contributed by atoms with Gasteiger partial charge in [-0.25, -0.2) is 0 Å². The van der Waals surface area contributed by atoms with E-state index in [4.69, 9.17) is 9.84 Å². The molecule has 0 radical (unpaired) electrons. The number of alkyl halides is 3. The number of nitrogens with zero attached hydrogens (tertiary/aromatic N) is 2. The van der Waals surface area contributed by atoms with E-state index in [1.807, 2.05) is 11.9 Å². The number of hydrogen-bond acceptors (Lipinski definition) is 4. The van der Waals surface area contributed by atoms with Gasteiger partial charge in [0.2, 0.25) is 0 Å². The lowest BCUT2D eigenvalue weighted by atomic mass is 10.0. The van der Waals surface area contributed by atoms with Crippen molar-refractivity contribution in [1.82, 2.24) is 9.80 Å². The zero-order chi connectivity index (χ0) is 19.2. The Balaban J connectivity index is 0.00000364. The Morgan fingerprint density at radius 1 is 1.33 bits per heavy atom. The van der Waals surface area contributed by atoms with E-state index in [-0.39, 0.29) is 30.7 Å². The topological polar surface area (TPSA) is 53.0 Å². The fourth-order valence-electron chi connectivity index (χ4n) is 3.17. The summed E-state index contributed by atoms with van der Waals surface area (Å²) in [5.41, 5.74) is -0.706. The first-order chi connectivity index (χ1) is 12.3. The molecule has 0 atom stereocenters. The Bertz CT molecular complexity index is 593. The number of hydrogen-bond donors (Lipinski definition) is 1. The lowest BCUT2D eigenvalue weighted by molar-refractivity contribution is -0.139. The molecule has 1 saturated heterocycles. The minimum Gasteiger partial charge on any atom is -0.494 e. The second kappa shape index (κ2) is 10.7. The summed E-state index contributed by atoms with van der Waals surface area (Å²) in [5.74, 6) is -0.588. The van der Waals surface area contributed by atoms with Gasteiger partial charge in [-0.15, -0.1) is 12.4 Å². The molecular formula is C18H26ClF3N2O3. The van der Waals surface area contributed by atoms with Gasteiger partial charge in [-0.3, -0.25) is 9.69 Å². The van der Waals surface area contributed by atoms with E-state index in [9.17, 15) is 18.0 Å². The monoisotopic (exact) mass is 410 g/mol. The minimum atomic E-state index is -4.36. The molecule has 9 heteroatoms. The first kappa shape index (κ1) is 23.5. The van der Waals surface area contributed by atoms with Gasteiger partial charge in [0.1, 0.15) is 5.75 Å². The maximum atomic E-state index is 12.7. The average Bonchev–Trinajstić information content (AvgIpc) is 2.58. The summed E-state index contributed by atoms with van der Waals surface area (Å²) in [6, 6.07) is 5.20. The van der Waals surface area contributed by atoms with Crippen molar-refractivity contribution in [1.29, 1.82) is 0 Å². The van der Waals surface area contributed by atoms with E-state index >= 15 is 0 Å². The van der Waals surface area contributed by atoms with Crippen LogP contribution in [0.1, 0.15) is 24.8 Å². The Kier molecular flexibility index (Phi) is 9.35. The predicted octanol–water partition coefficient (Wildman–Crippen LogP) is 3.38. The highest BCUT2D eigenvalue weighted by atomic mass is 35.5. The largest absolute Gasteiger partial charge is 0.494 e. The summed E-state index contributed by atoms with van der Waals surface area (Å²) >= 11 is 0. The number of carboxylic acid groups (broad SMARTS) is 1. The normalized spacial score (nSPS) is 16.2. The number of likely N-dealkylation sites (N-methyl/N-ethyl adjacent to an activating group) is 1. The van der Waals surface area contributed by atoms with Crippen LogP contribution < -0.4 is 4.74 Å². The third-order valence-electron chi connectivity index (χ3n) is 4.61. The number of benzene rings is 1. The van der Waals surface area contributed by atoms with Crippen molar-refractivity contribution in [2.24, 2.45) is 0 Å². The molecule has 1 N–H and O–H groups in total. The smallest absolute Gasteiger partial charge is 0.416 e. The third kappa shape index (κ3) is 7.94. The molecular weight excluding hydrogens is 385 g/mol. The molecule has 1 aromatic rings. The lowest BCUT2D eigenvalue weighted by Crippen LogP contribution is -2.45. The van der Waals surface area contributed by atoms with Crippen molar-refractivity contribution in [3.8, 4) is 5.75 Å². The van der Waals surface area contributed by atoms with Crippen LogP contribution in [0.4, 0.5) is 13.2 Å². The van der Waals surface area contributed by atoms with E-state index in [1.165, 1.54) is 12.1 Å². The molecule has 1 heterocycles. The summed E-state index contributed by atoms with van der Waals surface area (Å²) in [4.78, 5) is 14.9. The molecule has 0 saturated carbocycles. The van der Waals surface area contributed by atoms with Crippen molar-refractivity contribution in [2.45, 2.75) is 31.5 Å². The molecule has 1 aliphatic heterocycles. The summed E-state index contributed by atoms with van der Waals surface area (Å²) in [6.07, 6.45) is -1.81. The van der Waals surface area contributed by atoms with Gasteiger partial charge in [0, 0.05) is 12.6 Å². The van der Waals surface area contributed by atoms with E-state index in [0.717, 1.165) is 51.0 Å². The number of ether oxygens (including phenoxy) is 1. The van der Waals surface area contributed by atoms with Crippen molar-refractivity contribution in [2.75, 3.05) is 39.8 Å². The quantitative estimate of drug-likeness (QED) is 0.666. The zero-order valence-electron chi connectivity index (χ0n) is 15.2. The molecule has 1 fully saturated rings. The minimum absolute atomic E-state index is 0. The van der Waals surface area contributed by atoms with Gasteiger partial charge in [0.15, 0.2) is 0 Å². The predicted molar refractivity (Wildman–Crippen MR) is 98.5 cm³/mol. The SMILES string of the molecule is CN(CC(=O)O)C1CCN(CCCOc2cccc(C(F)(F)F)c2)CC1.Cl. The number of rotatable bonds is 8. The van der Waals surface area contributed by atoms with Crippen LogP contribution in [0.3, 0.4) is 0 Å². The van der Waals surface area contributed by atoms with Gasteiger partial charge in [0.05, 0.1) is 18.7 Å². The number of carboxylic acids is 1. The Hall–Kier alpha value is -1.51. The van der Waals surface area contributed by atoms with Crippen LogP contribution in [-0.2, 0) is 11.0 Å². The first-order valence-electron chi connectivity index (χ1n) is 8.70. The standard InChI is InChI=1S/C18H25F3N2O3.ClH/c1-22(13-17(24)25)15-6-9-23(10-7-15)8-3-11-26-16-5-2-4-14(12-16)18(19,20)21;/h2,4-5,12,15H,3,6-11,13H2,1H3,(H,24,25);1H. The molecule has 0 unspecified atom stereocenters. The maximum Gasteiger partial charge on any atom is 0.416 e. The van der Waals surface area contributed by atoms with Crippen molar-refractivity contribution >= 4 is 18.4 Å². The Labute approximate surface area is 163 Å². The molecule has 0 aromatic heterocycles. The van der Waals surface area contributed by atoms with Crippen molar-refractivity contribution in [3.05, 3.63) is 29.8 Å². The average molecular weight is 411 g/mol. The molecule has 1 aromatic carbocycles. The van der Waals surface area contributed by atoms with Crippen LogP contribution in [0.15, 0.2) is 24.3 Å². The summed E-state index contributed by atoms with van der Waals surface area (Å²) < 4.78 is 43.4. The second-order valence-corrected chi connectivity index (χ2v) is 6.61. The van der Waals surface area contributed by atoms with Gasteiger partial charge in [-0.2, -0.15) is 13.2 Å². The lowest BCUT2D eigenvalue weighted by Gasteiger charge is -2.36. The zero-order valence-corrected chi connectivity index (χ0v) is 16.1. The molecule has 0 spiro atoms. The van der Waals surface area contributed by atoms with Crippen molar-refractivity contribution < 1.29 is 27.8 Å². The van der Waals surface area contributed by atoms with E-state index in [0.29, 0.717) is 6.61 Å². The highest BCUT2D eigenvalue weighted by Gasteiger charge is 2.30. The van der Waals surface area contributed by atoms with E-state index in [2.05, 4.69) is 4.90 Å². The highest BCUT2D eigenvalue weighted by Crippen LogP contribution is 2.31. The summed E-state index contributed by atoms with van der Waals surface area (Å²) in [7, 11) is 1.83. The first-order valence-corrected chi connectivity index (χ1v) is 8.70. The highest BCUT2D eigenvalue weighted by molar-refractivity contribution is 5.85. The van der Waals surface area contributed by atoms with Crippen LogP contribution in [0, 0.1) is 0 Å². The number of piperidine rings is 1. The molecule has 0 aliphatic carbocycles. The van der Waals surface area contributed by atoms with Crippen LogP contribution in [0.5, 0.6) is 5.75 Å². The fourth-order valence-corrected chi connectivity index (χ4v) is 3.17. The van der Waals surface area contributed by atoms with Crippen LogP contribution in [0.2, 0.25) is 0 Å². The van der Waals surface area contributed by atoms with Crippen LogP contribution in [0.25, 0.3) is 0 Å². The van der Waals surface area contributed by atoms with Crippen molar-refractivity contribution in [3.63, 3.8) is 0 Å². The Morgan fingerprint density at radius 3 is 2.59 bits per heavy atom. The van der Waals surface area contributed by atoms with Gasteiger partial charge >= 0.3 is 12.1 Å². The van der Waals surface area contributed by atoms with Gasteiger partial charge < -0.3 is 14.7 Å². The van der Waals surface area contributed by atoms with E-state index < -0.39 is 17.7 Å². The molecule has 0 bridgehead atoms. The molecule has 5 nitrogen and oxygen atoms in total.